The summed E-state index contributed by atoms with van der Waals surface area (Å²) < 4.78 is 0. The van der Waals surface area contributed by atoms with Crippen molar-refractivity contribution in [3.63, 3.8) is 0 Å². The first-order valence-corrected chi connectivity index (χ1v) is 3.28. The molecule has 0 aromatic heterocycles. The Morgan fingerprint density at radius 2 is 2.10 bits per heavy atom. The highest BCUT2D eigenvalue weighted by Gasteiger charge is 2.40. The quantitative estimate of drug-likeness (QED) is 0.463. The van der Waals surface area contributed by atoms with Crippen LogP contribution in [-0.2, 0) is 4.79 Å². The van der Waals surface area contributed by atoms with Gasteiger partial charge >= 0.3 is 0 Å². The highest BCUT2D eigenvalue weighted by atomic mass is 16.2. The van der Waals surface area contributed by atoms with Crippen molar-refractivity contribution in [3.05, 3.63) is 0 Å². The predicted octanol–water partition coefficient (Wildman–Crippen LogP) is -1.62. The number of nitrogens with two attached hydrogens (primary N) is 1. The topological polar surface area (TPSA) is 58.4 Å². The zero-order valence-electron chi connectivity index (χ0n) is 6.35. The molecule has 58 valence electrons. The Hall–Kier alpha value is -0.610. The van der Waals surface area contributed by atoms with Crippen LogP contribution in [-0.4, -0.2) is 43.5 Å². The number of carbonyl (C=O) groups excluding carboxylic acids is 1. The number of carbonyl (C=O) groups is 1. The fourth-order valence-corrected chi connectivity index (χ4v) is 0.991. The average molecular weight is 143 g/mol. The van der Waals surface area contributed by atoms with Gasteiger partial charge in [0.15, 0.2) is 0 Å². The van der Waals surface area contributed by atoms with Crippen molar-refractivity contribution in [2.45, 2.75) is 5.54 Å². The van der Waals surface area contributed by atoms with E-state index in [0.29, 0.717) is 13.1 Å². The van der Waals surface area contributed by atoms with E-state index in [1.807, 2.05) is 0 Å². The third-order valence-corrected chi connectivity index (χ3v) is 1.71. The second-order valence-electron chi connectivity index (χ2n) is 2.96. The second kappa shape index (κ2) is 2.21. The summed E-state index contributed by atoms with van der Waals surface area (Å²) in [6.45, 7) is 1.20. The summed E-state index contributed by atoms with van der Waals surface area (Å²) in [4.78, 5) is 12.7. The molecule has 1 aliphatic rings. The third kappa shape index (κ3) is 0.998. The average Bonchev–Trinajstić information content (AvgIpc) is 1.81. The summed E-state index contributed by atoms with van der Waals surface area (Å²) >= 11 is 0. The van der Waals surface area contributed by atoms with Gasteiger partial charge in [-0.25, -0.2) is 0 Å². The van der Waals surface area contributed by atoms with Gasteiger partial charge in [-0.05, 0) is 0 Å². The van der Waals surface area contributed by atoms with E-state index in [9.17, 15) is 4.79 Å². The van der Waals surface area contributed by atoms with Crippen molar-refractivity contribution in [2.24, 2.45) is 5.73 Å². The van der Waals surface area contributed by atoms with Gasteiger partial charge in [-0.3, -0.25) is 4.79 Å². The number of nitrogens with zero attached hydrogens (tertiary/aromatic N) is 1. The van der Waals surface area contributed by atoms with Gasteiger partial charge in [0.05, 0.1) is 0 Å². The molecule has 4 heteroatoms. The van der Waals surface area contributed by atoms with Crippen LogP contribution in [0.2, 0.25) is 0 Å². The first kappa shape index (κ1) is 7.50. The Morgan fingerprint density at radius 1 is 1.60 bits per heavy atom. The van der Waals surface area contributed by atoms with Crippen molar-refractivity contribution >= 4 is 5.91 Å². The van der Waals surface area contributed by atoms with Gasteiger partial charge < -0.3 is 16.0 Å². The van der Waals surface area contributed by atoms with Crippen LogP contribution < -0.4 is 11.1 Å². The molecule has 0 atom stereocenters. The van der Waals surface area contributed by atoms with Gasteiger partial charge in [0, 0.05) is 27.2 Å². The Labute approximate surface area is 60.4 Å². The lowest BCUT2D eigenvalue weighted by molar-refractivity contribution is -0.136. The summed E-state index contributed by atoms with van der Waals surface area (Å²) in [5.74, 6) is 0.00579. The molecular weight excluding hydrogens is 130 g/mol. The Balaban J connectivity index is 2.55. The highest BCUT2D eigenvalue weighted by Crippen LogP contribution is 2.08. The van der Waals surface area contributed by atoms with Crippen molar-refractivity contribution in [2.75, 3.05) is 27.2 Å². The van der Waals surface area contributed by atoms with Crippen LogP contribution >= 0.6 is 0 Å². The van der Waals surface area contributed by atoms with Crippen molar-refractivity contribution < 1.29 is 4.79 Å². The summed E-state index contributed by atoms with van der Waals surface area (Å²) in [6, 6.07) is 0. The maximum atomic E-state index is 11.2. The van der Waals surface area contributed by atoms with Crippen molar-refractivity contribution in [1.29, 1.82) is 0 Å². The molecule has 0 spiro atoms. The monoisotopic (exact) mass is 143 g/mol. The fraction of sp³-hybridized carbons (Fsp3) is 0.833. The molecule has 3 N–H and O–H groups in total. The van der Waals surface area contributed by atoms with Gasteiger partial charge in [0.1, 0.15) is 5.54 Å². The molecule has 1 amide bonds. The Bertz CT molecular complexity index is 151. The lowest BCUT2D eigenvalue weighted by atomic mass is 9.92. The minimum atomic E-state index is -0.622. The lowest BCUT2D eigenvalue weighted by Crippen LogP contribution is -2.72. The minimum absolute atomic E-state index is 0.00579. The van der Waals surface area contributed by atoms with Gasteiger partial charge in [-0.15, -0.1) is 0 Å². The first-order chi connectivity index (χ1) is 4.56. The molecule has 1 saturated heterocycles. The van der Waals surface area contributed by atoms with Crippen LogP contribution in [0.1, 0.15) is 0 Å². The molecule has 0 aromatic rings. The van der Waals surface area contributed by atoms with Gasteiger partial charge in [-0.2, -0.15) is 0 Å². The maximum absolute atomic E-state index is 11.2. The molecule has 1 heterocycles. The molecule has 1 rings (SSSR count). The molecule has 0 saturated carbocycles. The van der Waals surface area contributed by atoms with E-state index >= 15 is 0 Å². The number of hydrogen-bond donors (Lipinski definition) is 2. The van der Waals surface area contributed by atoms with Crippen LogP contribution in [0.25, 0.3) is 0 Å². The molecule has 0 aliphatic carbocycles. The van der Waals surface area contributed by atoms with Crippen LogP contribution in [0, 0.1) is 0 Å². The molecule has 0 unspecified atom stereocenters. The number of rotatable bonds is 1. The number of amides is 1. The third-order valence-electron chi connectivity index (χ3n) is 1.71. The molecule has 1 fully saturated rings. The molecule has 10 heavy (non-hydrogen) atoms. The highest BCUT2D eigenvalue weighted by molar-refractivity contribution is 5.87. The van der Waals surface area contributed by atoms with E-state index in [1.54, 1.807) is 14.1 Å². The SMILES string of the molecule is CN(C)C(=O)C1(N)CNC1. The zero-order valence-corrected chi connectivity index (χ0v) is 6.35. The van der Waals surface area contributed by atoms with Crippen LogP contribution in [0.15, 0.2) is 0 Å². The molecule has 1 aliphatic heterocycles. The molecule has 0 bridgehead atoms. The molecule has 0 aromatic carbocycles. The second-order valence-corrected chi connectivity index (χ2v) is 2.96. The summed E-state index contributed by atoms with van der Waals surface area (Å²) in [7, 11) is 3.44. The van der Waals surface area contributed by atoms with Gasteiger partial charge in [0.2, 0.25) is 5.91 Å². The zero-order chi connectivity index (χ0) is 7.78. The smallest absolute Gasteiger partial charge is 0.244 e. The first-order valence-electron chi connectivity index (χ1n) is 3.28. The van der Waals surface area contributed by atoms with Gasteiger partial charge in [0.25, 0.3) is 0 Å². The standard InChI is InChI=1S/C6H13N3O/c1-9(2)5(10)6(7)3-8-4-6/h8H,3-4,7H2,1-2H3. The van der Waals surface area contributed by atoms with E-state index < -0.39 is 5.54 Å². The van der Waals surface area contributed by atoms with E-state index in [-0.39, 0.29) is 5.91 Å². The van der Waals surface area contributed by atoms with Crippen molar-refractivity contribution in [1.82, 2.24) is 10.2 Å². The molecular formula is C6H13N3O. The summed E-state index contributed by atoms with van der Waals surface area (Å²) in [5, 5.41) is 2.96. The Kier molecular flexibility index (Phi) is 1.66. The Morgan fingerprint density at radius 3 is 2.20 bits per heavy atom. The van der Waals surface area contributed by atoms with E-state index in [1.165, 1.54) is 4.90 Å². The predicted molar refractivity (Wildman–Crippen MR) is 38.5 cm³/mol. The van der Waals surface area contributed by atoms with E-state index in [0.717, 1.165) is 0 Å². The van der Waals surface area contributed by atoms with Crippen LogP contribution in [0.5, 0.6) is 0 Å². The van der Waals surface area contributed by atoms with Crippen LogP contribution in [0.4, 0.5) is 0 Å². The van der Waals surface area contributed by atoms with E-state index in [2.05, 4.69) is 5.32 Å². The van der Waals surface area contributed by atoms with Crippen molar-refractivity contribution in [3.8, 4) is 0 Å². The number of nitrogens with one attached hydrogen (secondary N) is 1. The summed E-state index contributed by atoms with van der Waals surface area (Å²) in [6.07, 6.45) is 0. The maximum Gasteiger partial charge on any atom is 0.244 e. The number of likely N-dealkylation sites (N-methyl/N-ethyl adjacent to an activating group) is 1. The van der Waals surface area contributed by atoms with Crippen LogP contribution in [0.3, 0.4) is 0 Å². The van der Waals surface area contributed by atoms with Gasteiger partial charge in [-0.1, -0.05) is 0 Å². The molecule has 0 radical (unpaired) electrons. The lowest BCUT2D eigenvalue weighted by Gasteiger charge is -2.38. The number of hydrogen-bond acceptors (Lipinski definition) is 3. The normalized spacial score (nSPS) is 21.5. The summed E-state index contributed by atoms with van der Waals surface area (Å²) in [5.41, 5.74) is 5.07. The van der Waals surface area contributed by atoms with E-state index in [4.69, 9.17) is 5.73 Å². The largest absolute Gasteiger partial charge is 0.347 e. The fourth-order valence-electron chi connectivity index (χ4n) is 0.991. The molecule has 4 nitrogen and oxygen atoms in total. The minimum Gasteiger partial charge on any atom is -0.347 e.